The Kier molecular flexibility index (Phi) is 4.15. The van der Waals surface area contributed by atoms with E-state index in [2.05, 4.69) is 50.0 Å². The third-order valence-electron chi connectivity index (χ3n) is 3.61. The Morgan fingerprint density at radius 2 is 1.89 bits per heavy atom. The van der Waals surface area contributed by atoms with Gasteiger partial charge in [0.05, 0.1) is 0 Å². The summed E-state index contributed by atoms with van der Waals surface area (Å²) in [6, 6.07) is 10.8. The van der Waals surface area contributed by atoms with Gasteiger partial charge in [-0.05, 0) is 0 Å². The van der Waals surface area contributed by atoms with E-state index in [0.717, 1.165) is 10.9 Å². The Balaban J connectivity index is 2.11. The topological polar surface area (TPSA) is 17.1 Å². The van der Waals surface area contributed by atoms with Crippen LogP contribution in [0.25, 0.3) is 0 Å². The number of hydrogen-bond acceptors (Lipinski definition) is 1. The summed E-state index contributed by atoms with van der Waals surface area (Å²) in [6.07, 6.45) is 1.15. The summed E-state index contributed by atoms with van der Waals surface area (Å²) >= 11 is 0.528. The van der Waals surface area contributed by atoms with Crippen molar-refractivity contribution in [2.24, 2.45) is 11.8 Å². The molecular weight excluding hydrogens is 303 g/mol. The molecule has 1 saturated carbocycles. The van der Waals surface area contributed by atoms with Crippen LogP contribution in [0.15, 0.2) is 30.3 Å². The predicted octanol–water partition coefficient (Wildman–Crippen LogP) is 2.91. The minimum atomic E-state index is -1.18. The van der Waals surface area contributed by atoms with E-state index in [1.807, 2.05) is 0 Å². The van der Waals surface area contributed by atoms with Gasteiger partial charge in [0, 0.05) is 0 Å². The summed E-state index contributed by atoms with van der Waals surface area (Å²) < 4.78 is 2.30. The third kappa shape index (κ3) is 3.34. The van der Waals surface area contributed by atoms with Crippen LogP contribution in [0.5, 0.6) is 0 Å². The van der Waals surface area contributed by atoms with Crippen LogP contribution in [0.3, 0.4) is 0 Å². The van der Waals surface area contributed by atoms with E-state index in [-0.39, 0.29) is 0 Å². The van der Waals surface area contributed by atoms with Gasteiger partial charge >= 0.3 is 118 Å². The van der Waals surface area contributed by atoms with Crippen LogP contribution in [-0.4, -0.2) is 28.8 Å². The number of carbonyl (C=O) groups excluding carboxylic acids is 1. The molecule has 18 heavy (non-hydrogen) atoms. The zero-order chi connectivity index (χ0) is 13.3. The average molecular weight is 325 g/mol. The second-order valence-corrected chi connectivity index (χ2v) is 15.2. The first-order valence-corrected chi connectivity index (χ1v) is 12.0. The van der Waals surface area contributed by atoms with Crippen LogP contribution in [0.1, 0.15) is 13.3 Å². The molecule has 0 N–H and O–H groups in total. The molecule has 2 rings (SSSR count). The molecule has 0 bridgehead atoms. The van der Waals surface area contributed by atoms with E-state index in [0.29, 0.717) is 32.6 Å². The summed E-state index contributed by atoms with van der Waals surface area (Å²) in [5.41, 5.74) is 0. The molecule has 3 atom stereocenters. The van der Waals surface area contributed by atoms with Crippen molar-refractivity contribution in [2.75, 3.05) is 0 Å². The molecule has 0 aromatic heterocycles. The van der Waals surface area contributed by atoms with Crippen LogP contribution >= 0.6 is 0 Å². The Morgan fingerprint density at radius 3 is 2.33 bits per heavy atom. The summed E-state index contributed by atoms with van der Waals surface area (Å²) in [5, 5.41) is 0. The van der Waals surface area contributed by atoms with E-state index in [4.69, 9.17) is 0 Å². The molecule has 1 fully saturated rings. The fraction of sp³-hybridized carbons (Fsp3) is 0.533. The van der Waals surface area contributed by atoms with Gasteiger partial charge < -0.3 is 0 Å². The van der Waals surface area contributed by atoms with E-state index in [9.17, 15) is 4.79 Å². The molecule has 1 aliphatic rings. The van der Waals surface area contributed by atoms with Crippen molar-refractivity contribution in [1.82, 2.24) is 0 Å². The SMILES string of the molecule is CC(=O)[C@@H]1C[C@H]1[C@H]([Se]c1ccccc1)[Si](C)(C)C. The van der Waals surface area contributed by atoms with Crippen molar-refractivity contribution in [3.8, 4) is 0 Å². The molecule has 0 unspecified atom stereocenters. The molecular formula is C15H22OSeSi. The normalized spacial score (nSPS) is 24.7. The molecule has 98 valence electrons. The molecule has 0 spiro atoms. The fourth-order valence-electron chi connectivity index (χ4n) is 2.57. The van der Waals surface area contributed by atoms with Crippen molar-refractivity contribution in [2.45, 2.75) is 37.4 Å². The molecule has 1 aromatic carbocycles. The van der Waals surface area contributed by atoms with Crippen LogP contribution in [0.4, 0.5) is 0 Å². The van der Waals surface area contributed by atoms with Gasteiger partial charge in [0.2, 0.25) is 0 Å². The number of ketones is 1. The first kappa shape index (κ1) is 14.0. The molecule has 0 amide bonds. The predicted molar refractivity (Wildman–Crippen MR) is 81.2 cm³/mol. The number of Topliss-reactive ketones (excluding diaryl/α,β-unsaturated/α-hetero) is 1. The number of hydrogen-bond donors (Lipinski definition) is 0. The van der Waals surface area contributed by atoms with Gasteiger partial charge in [-0.2, -0.15) is 0 Å². The zero-order valence-corrected chi connectivity index (χ0v) is 14.4. The minimum absolute atomic E-state index is 0.382. The monoisotopic (exact) mass is 326 g/mol. The van der Waals surface area contributed by atoms with Crippen LogP contribution in [0, 0.1) is 11.8 Å². The summed E-state index contributed by atoms with van der Waals surface area (Å²) in [6.45, 7) is 9.13. The van der Waals surface area contributed by atoms with Crippen LogP contribution < -0.4 is 4.46 Å². The third-order valence-corrected chi connectivity index (χ3v) is 13.2. The summed E-state index contributed by atoms with van der Waals surface area (Å²) in [7, 11) is -1.18. The van der Waals surface area contributed by atoms with Gasteiger partial charge in [-0.3, -0.25) is 0 Å². The van der Waals surface area contributed by atoms with Gasteiger partial charge in [0.25, 0.3) is 0 Å². The van der Waals surface area contributed by atoms with E-state index in [1.165, 1.54) is 4.46 Å². The first-order valence-electron chi connectivity index (χ1n) is 6.62. The van der Waals surface area contributed by atoms with Gasteiger partial charge in [0.15, 0.2) is 0 Å². The average Bonchev–Trinajstić information content (AvgIpc) is 3.05. The number of benzene rings is 1. The van der Waals surface area contributed by atoms with Crippen molar-refractivity contribution >= 4 is 33.3 Å². The van der Waals surface area contributed by atoms with E-state index in [1.54, 1.807) is 6.92 Å². The van der Waals surface area contributed by atoms with Crippen LogP contribution in [0.2, 0.25) is 24.1 Å². The Labute approximate surface area is 118 Å². The zero-order valence-electron chi connectivity index (χ0n) is 11.6. The standard InChI is InChI=1S/C15H22OSeSi/c1-11(16)13-10-14(13)15(18(2,3)4)17-12-8-6-5-7-9-12/h5-9,13-15H,10H2,1-4H3/t13-,14+,15+/m0/s1. The quantitative estimate of drug-likeness (QED) is 0.761. The fourth-order valence-corrected chi connectivity index (χ4v) is 9.78. The first-order chi connectivity index (χ1) is 8.39. The molecule has 0 heterocycles. The van der Waals surface area contributed by atoms with E-state index >= 15 is 0 Å². The maximum atomic E-state index is 11.5. The molecule has 1 nitrogen and oxygen atoms in total. The molecule has 0 radical (unpaired) electrons. The Hall–Kier alpha value is -0.374. The molecule has 0 aliphatic heterocycles. The van der Waals surface area contributed by atoms with Gasteiger partial charge in [-0.25, -0.2) is 0 Å². The van der Waals surface area contributed by atoms with Gasteiger partial charge in [-0.15, -0.1) is 0 Å². The summed E-state index contributed by atoms with van der Waals surface area (Å²) in [4.78, 5) is 11.5. The Morgan fingerprint density at radius 1 is 1.28 bits per heavy atom. The molecule has 0 saturated heterocycles. The number of rotatable bonds is 5. The maximum absolute atomic E-state index is 11.5. The number of carbonyl (C=O) groups is 1. The second-order valence-electron chi connectivity index (χ2n) is 6.33. The van der Waals surface area contributed by atoms with Crippen molar-refractivity contribution < 1.29 is 4.79 Å². The second kappa shape index (κ2) is 5.32. The molecule has 3 heteroatoms. The van der Waals surface area contributed by atoms with Crippen molar-refractivity contribution in [3.05, 3.63) is 30.3 Å². The van der Waals surface area contributed by atoms with E-state index < -0.39 is 8.07 Å². The van der Waals surface area contributed by atoms with Gasteiger partial charge in [0.1, 0.15) is 0 Å². The molecule has 1 aromatic rings. The summed E-state index contributed by atoms with van der Waals surface area (Å²) in [5.74, 6) is 1.48. The van der Waals surface area contributed by atoms with Crippen molar-refractivity contribution in [1.29, 1.82) is 0 Å². The Bertz CT molecular complexity index is 424. The van der Waals surface area contributed by atoms with Crippen molar-refractivity contribution in [3.63, 3.8) is 0 Å². The van der Waals surface area contributed by atoms with Gasteiger partial charge in [-0.1, -0.05) is 0 Å². The molecule has 1 aliphatic carbocycles. The van der Waals surface area contributed by atoms with Crippen LogP contribution in [-0.2, 0) is 4.79 Å².